The molecular weight excluding hydrogens is 583 g/mol. The van der Waals surface area contributed by atoms with Crippen LogP contribution in [0.25, 0.3) is 76.2 Å². The number of rotatable bonds is 4. The Kier molecular flexibility index (Phi) is 5.91. The fourth-order valence-corrected chi connectivity index (χ4v) is 7.62. The molecule has 224 valence electrons. The summed E-state index contributed by atoms with van der Waals surface area (Å²) in [5, 5.41) is 12.0. The summed E-state index contributed by atoms with van der Waals surface area (Å²) in [6, 6.07) is 63.3. The predicted molar refractivity (Wildman–Crippen MR) is 204 cm³/mol. The van der Waals surface area contributed by atoms with Crippen molar-refractivity contribution >= 4 is 82.1 Å². The zero-order valence-electron chi connectivity index (χ0n) is 26.1. The van der Waals surface area contributed by atoms with E-state index in [9.17, 15) is 0 Å². The van der Waals surface area contributed by atoms with Gasteiger partial charge in [0.15, 0.2) is 0 Å². The summed E-state index contributed by atoms with van der Waals surface area (Å²) in [4.78, 5) is 2.43. The molecule has 0 bridgehead atoms. The number of para-hydroxylation sites is 1. The number of fused-ring (bicyclic) bond motifs is 10. The summed E-state index contributed by atoms with van der Waals surface area (Å²) < 4.78 is 6.53. The van der Waals surface area contributed by atoms with Crippen molar-refractivity contribution in [1.29, 1.82) is 0 Å². The minimum Gasteiger partial charge on any atom is -0.455 e. The van der Waals surface area contributed by atoms with Crippen LogP contribution in [0.1, 0.15) is 0 Å². The fraction of sp³-hybridized carbons (Fsp3) is 0. The number of furan rings is 1. The molecule has 9 aromatic carbocycles. The molecule has 0 N–H and O–H groups in total. The third-order valence-corrected chi connectivity index (χ3v) is 9.81. The Bertz CT molecular complexity index is 2850. The summed E-state index contributed by atoms with van der Waals surface area (Å²) >= 11 is 0. The van der Waals surface area contributed by atoms with Crippen LogP contribution in [-0.4, -0.2) is 0 Å². The van der Waals surface area contributed by atoms with E-state index in [4.69, 9.17) is 4.42 Å². The van der Waals surface area contributed by atoms with Crippen molar-refractivity contribution in [3.8, 4) is 11.1 Å². The quantitative estimate of drug-likeness (QED) is 0.184. The van der Waals surface area contributed by atoms with Gasteiger partial charge in [-0.2, -0.15) is 0 Å². The zero-order chi connectivity index (χ0) is 31.6. The van der Waals surface area contributed by atoms with E-state index in [0.29, 0.717) is 0 Å². The highest BCUT2D eigenvalue weighted by molar-refractivity contribution is 6.23. The van der Waals surface area contributed by atoms with Gasteiger partial charge in [-0.1, -0.05) is 140 Å². The monoisotopic (exact) mass is 611 g/mol. The number of anilines is 3. The van der Waals surface area contributed by atoms with E-state index in [0.717, 1.165) is 49.8 Å². The van der Waals surface area contributed by atoms with Gasteiger partial charge in [0.25, 0.3) is 0 Å². The number of hydrogen-bond donors (Lipinski definition) is 0. The van der Waals surface area contributed by atoms with Crippen molar-refractivity contribution in [1.82, 2.24) is 0 Å². The highest BCUT2D eigenvalue weighted by Crippen LogP contribution is 2.46. The van der Waals surface area contributed by atoms with Crippen LogP contribution >= 0.6 is 0 Å². The molecule has 0 aliphatic carbocycles. The van der Waals surface area contributed by atoms with Crippen LogP contribution in [0.5, 0.6) is 0 Å². The third-order valence-electron chi connectivity index (χ3n) is 9.81. The molecular formula is C46H29NO. The van der Waals surface area contributed by atoms with Gasteiger partial charge >= 0.3 is 0 Å². The van der Waals surface area contributed by atoms with Gasteiger partial charge in [0.05, 0.1) is 11.4 Å². The second-order valence-corrected chi connectivity index (χ2v) is 12.5. The summed E-state index contributed by atoms with van der Waals surface area (Å²) in [6.45, 7) is 0. The molecule has 0 spiro atoms. The lowest BCUT2D eigenvalue weighted by Gasteiger charge is -2.29. The van der Waals surface area contributed by atoms with Gasteiger partial charge in [0, 0.05) is 32.6 Å². The van der Waals surface area contributed by atoms with Gasteiger partial charge in [0.2, 0.25) is 0 Å². The molecule has 0 atom stereocenters. The van der Waals surface area contributed by atoms with Gasteiger partial charge in [-0.15, -0.1) is 0 Å². The first-order valence-electron chi connectivity index (χ1n) is 16.4. The van der Waals surface area contributed by atoms with Crippen LogP contribution in [0.3, 0.4) is 0 Å². The molecule has 0 aliphatic heterocycles. The van der Waals surface area contributed by atoms with Crippen LogP contribution in [0.15, 0.2) is 180 Å². The lowest BCUT2D eigenvalue weighted by molar-refractivity contribution is 0.672. The Labute approximate surface area is 277 Å². The summed E-state index contributed by atoms with van der Waals surface area (Å²) in [6.07, 6.45) is 0. The lowest BCUT2D eigenvalue weighted by atomic mass is 9.95. The van der Waals surface area contributed by atoms with Gasteiger partial charge in [-0.25, -0.2) is 0 Å². The summed E-state index contributed by atoms with van der Waals surface area (Å²) in [5.41, 5.74) is 7.52. The molecule has 0 saturated carbocycles. The Morgan fingerprint density at radius 3 is 1.81 bits per heavy atom. The second kappa shape index (κ2) is 10.6. The maximum Gasteiger partial charge on any atom is 0.143 e. The lowest BCUT2D eigenvalue weighted by Crippen LogP contribution is -2.11. The van der Waals surface area contributed by atoms with E-state index < -0.39 is 0 Å². The van der Waals surface area contributed by atoms with Crippen molar-refractivity contribution in [3.63, 3.8) is 0 Å². The van der Waals surface area contributed by atoms with Gasteiger partial charge in [-0.05, 0) is 74.5 Å². The van der Waals surface area contributed by atoms with E-state index in [-0.39, 0.29) is 0 Å². The minimum absolute atomic E-state index is 0.908. The number of hydrogen-bond acceptors (Lipinski definition) is 2. The molecule has 0 unspecified atom stereocenters. The smallest absolute Gasteiger partial charge is 0.143 e. The fourth-order valence-electron chi connectivity index (χ4n) is 7.62. The molecule has 1 heterocycles. The highest BCUT2D eigenvalue weighted by Gasteiger charge is 2.21. The number of nitrogens with zero attached hydrogens (tertiary/aromatic N) is 1. The van der Waals surface area contributed by atoms with Crippen molar-refractivity contribution in [2.24, 2.45) is 0 Å². The van der Waals surface area contributed by atoms with E-state index >= 15 is 0 Å². The molecule has 0 amide bonds. The Balaban J connectivity index is 1.29. The molecule has 0 fully saturated rings. The molecule has 2 nitrogen and oxygen atoms in total. The van der Waals surface area contributed by atoms with Crippen LogP contribution < -0.4 is 4.90 Å². The normalized spacial score (nSPS) is 11.8. The van der Waals surface area contributed by atoms with Crippen molar-refractivity contribution < 1.29 is 4.42 Å². The Hall–Kier alpha value is -6.38. The van der Waals surface area contributed by atoms with E-state index in [1.165, 1.54) is 43.4 Å². The van der Waals surface area contributed by atoms with Crippen LogP contribution in [0, 0.1) is 0 Å². The second-order valence-electron chi connectivity index (χ2n) is 12.5. The maximum absolute atomic E-state index is 6.53. The standard InChI is InChI=1S/C46H29NO/c1-2-11-30(12-3-1)33-14-8-15-34(29-33)47(43-21-10-19-40-37(43)27-28-41-38-17-6-7-22-44(38)48-46(40)41)42-20-9-18-39-36(42)26-25-32-24-23-31-13-4-5-16-35(31)45(32)39/h1-29H. The molecule has 10 rings (SSSR count). The molecule has 2 heteroatoms. The molecule has 48 heavy (non-hydrogen) atoms. The topological polar surface area (TPSA) is 16.4 Å². The van der Waals surface area contributed by atoms with Crippen LogP contribution in [0.4, 0.5) is 17.1 Å². The van der Waals surface area contributed by atoms with Crippen molar-refractivity contribution in [2.75, 3.05) is 4.90 Å². The molecule has 0 saturated heterocycles. The Morgan fingerprint density at radius 1 is 0.354 bits per heavy atom. The van der Waals surface area contributed by atoms with Crippen molar-refractivity contribution in [2.45, 2.75) is 0 Å². The molecule has 10 aromatic rings. The SMILES string of the molecule is c1ccc(-c2cccc(N(c3cccc4c3ccc3c5ccccc5oc43)c3cccc4c3ccc3ccc5ccccc5c34)c2)cc1. The summed E-state index contributed by atoms with van der Waals surface area (Å²) in [5.74, 6) is 0. The van der Waals surface area contributed by atoms with Gasteiger partial charge in [-0.3, -0.25) is 0 Å². The average molecular weight is 612 g/mol. The highest BCUT2D eigenvalue weighted by atomic mass is 16.3. The first kappa shape index (κ1) is 26.8. The molecule has 1 aromatic heterocycles. The predicted octanol–water partition coefficient (Wildman–Crippen LogP) is 13.3. The first-order valence-corrected chi connectivity index (χ1v) is 16.4. The van der Waals surface area contributed by atoms with Crippen molar-refractivity contribution in [3.05, 3.63) is 176 Å². The average Bonchev–Trinajstić information content (AvgIpc) is 3.55. The summed E-state index contributed by atoms with van der Waals surface area (Å²) in [7, 11) is 0. The maximum atomic E-state index is 6.53. The van der Waals surface area contributed by atoms with Crippen LogP contribution in [-0.2, 0) is 0 Å². The largest absolute Gasteiger partial charge is 0.455 e. The molecule has 0 aliphatic rings. The van der Waals surface area contributed by atoms with E-state index in [2.05, 4.69) is 175 Å². The Morgan fingerprint density at radius 2 is 0.938 bits per heavy atom. The van der Waals surface area contributed by atoms with Crippen LogP contribution in [0.2, 0.25) is 0 Å². The number of benzene rings is 9. The molecule has 0 radical (unpaired) electrons. The van der Waals surface area contributed by atoms with E-state index in [1.54, 1.807) is 0 Å². The minimum atomic E-state index is 0.908. The third kappa shape index (κ3) is 4.06. The first-order chi connectivity index (χ1) is 23.8. The van der Waals surface area contributed by atoms with Gasteiger partial charge < -0.3 is 9.32 Å². The van der Waals surface area contributed by atoms with Gasteiger partial charge in [0.1, 0.15) is 11.2 Å². The zero-order valence-corrected chi connectivity index (χ0v) is 26.1. The van der Waals surface area contributed by atoms with E-state index in [1.807, 2.05) is 6.07 Å².